The number of amides is 1. The summed E-state index contributed by atoms with van der Waals surface area (Å²) >= 11 is 6.05. The lowest BCUT2D eigenvalue weighted by atomic mass is 10.1. The van der Waals surface area contributed by atoms with E-state index in [0.717, 1.165) is 6.07 Å². The van der Waals surface area contributed by atoms with Crippen molar-refractivity contribution in [1.29, 1.82) is 0 Å². The summed E-state index contributed by atoms with van der Waals surface area (Å²) < 4.78 is 44.2. The van der Waals surface area contributed by atoms with Crippen LogP contribution in [0.2, 0.25) is 5.02 Å². The van der Waals surface area contributed by atoms with E-state index in [1.807, 2.05) is 0 Å². The normalized spacial score (nSPS) is 11.1. The van der Waals surface area contributed by atoms with Gasteiger partial charge in [-0.25, -0.2) is 0 Å². The molecular formula is C21H14ClF3N2O4. The topological polar surface area (TPSA) is 81.5 Å². The van der Waals surface area contributed by atoms with Crippen molar-refractivity contribution < 1.29 is 27.6 Å². The number of para-hydroxylation sites is 1. The van der Waals surface area contributed by atoms with Crippen LogP contribution >= 0.6 is 11.6 Å². The van der Waals surface area contributed by atoms with E-state index in [2.05, 4.69) is 5.32 Å². The number of halogens is 4. The molecule has 0 spiro atoms. The average molecular weight is 451 g/mol. The zero-order chi connectivity index (χ0) is 22.8. The summed E-state index contributed by atoms with van der Waals surface area (Å²) in [7, 11) is 0. The molecule has 0 radical (unpaired) electrons. The fourth-order valence-corrected chi connectivity index (χ4v) is 2.89. The lowest BCUT2D eigenvalue weighted by Crippen LogP contribution is -2.14. The Morgan fingerprint density at radius 2 is 1.77 bits per heavy atom. The monoisotopic (exact) mass is 450 g/mol. The van der Waals surface area contributed by atoms with Crippen LogP contribution in [0.15, 0.2) is 60.7 Å². The van der Waals surface area contributed by atoms with Gasteiger partial charge in [0.1, 0.15) is 5.75 Å². The molecule has 0 aliphatic heterocycles. The summed E-state index contributed by atoms with van der Waals surface area (Å²) in [6.45, 7) is 1.71. The third kappa shape index (κ3) is 4.95. The molecule has 0 fully saturated rings. The van der Waals surface area contributed by atoms with Gasteiger partial charge in [-0.05, 0) is 48.9 Å². The number of benzene rings is 3. The minimum Gasteiger partial charge on any atom is -0.449 e. The van der Waals surface area contributed by atoms with Crippen molar-refractivity contribution >= 4 is 28.9 Å². The molecule has 1 N–H and O–H groups in total. The maximum absolute atomic E-state index is 12.9. The third-order valence-corrected chi connectivity index (χ3v) is 4.76. The molecule has 0 bridgehead atoms. The first kappa shape index (κ1) is 22.1. The Balaban J connectivity index is 1.95. The van der Waals surface area contributed by atoms with Crippen LogP contribution in [0.4, 0.5) is 24.5 Å². The van der Waals surface area contributed by atoms with Gasteiger partial charge in [0.2, 0.25) is 5.75 Å². The smallest absolute Gasteiger partial charge is 0.416 e. The first-order valence-corrected chi connectivity index (χ1v) is 9.14. The van der Waals surface area contributed by atoms with Gasteiger partial charge in [0.15, 0.2) is 0 Å². The van der Waals surface area contributed by atoms with Crippen LogP contribution in [0.5, 0.6) is 11.5 Å². The second kappa shape index (κ2) is 8.65. The fraction of sp³-hybridized carbons (Fsp3) is 0.0952. The molecule has 10 heteroatoms. The highest BCUT2D eigenvalue weighted by Gasteiger charge is 2.33. The molecule has 0 aliphatic carbocycles. The highest BCUT2D eigenvalue weighted by Crippen LogP contribution is 2.38. The quantitative estimate of drug-likeness (QED) is 0.350. The van der Waals surface area contributed by atoms with E-state index in [1.54, 1.807) is 31.2 Å². The summed E-state index contributed by atoms with van der Waals surface area (Å²) in [5, 5.41) is 14.4. The Bertz CT molecular complexity index is 1170. The van der Waals surface area contributed by atoms with Crippen LogP contribution < -0.4 is 10.1 Å². The second-order valence-electron chi connectivity index (χ2n) is 6.40. The molecule has 0 unspecified atom stereocenters. The van der Waals surface area contributed by atoms with Gasteiger partial charge < -0.3 is 10.1 Å². The van der Waals surface area contributed by atoms with E-state index in [9.17, 15) is 28.1 Å². The lowest BCUT2D eigenvalue weighted by molar-refractivity contribution is -0.385. The number of anilines is 1. The molecule has 1 amide bonds. The van der Waals surface area contributed by atoms with E-state index in [-0.39, 0.29) is 11.3 Å². The molecule has 0 atom stereocenters. The van der Waals surface area contributed by atoms with Gasteiger partial charge in [0, 0.05) is 16.8 Å². The number of carbonyl (C=O) groups is 1. The molecule has 3 aromatic carbocycles. The zero-order valence-corrected chi connectivity index (χ0v) is 16.6. The van der Waals surface area contributed by atoms with Crippen LogP contribution in [-0.4, -0.2) is 10.8 Å². The number of hydrogen-bond donors (Lipinski definition) is 1. The first-order chi connectivity index (χ1) is 14.6. The standard InChI is InChI=1S/C21H14ClF3N2O4/c1-12-15(22)6-4-7-16(12)26-20(28)14-5-2-3-8-18(14)31-19-10-9-13(21(23,24)25)11-17(19)27(29)30/h2-11H,1H3,(H,26,28). The maximum atomic E-state index is 12.9. The predicted molar refractivity (Wildman–Crippen MR) is 109 cm³/mol. The van der Waals surface area contributed by atoms with Crippen molar-refractivity contribution in [2.45, 2.75) is 13.1 Å². The molecule has 0 saturated heterocycles. The van der Waals surface area contributed by atoms with Gasteiger partial charge in [-0.15, -0.1) is 0 Å². The Morgan fingerprint density at radius 3 is 2.45 bits per heavy atom. The Labute approximate surface area is 179 Å². The van der Waals surface area contributed by atoms with Crippen LogP contribution in [-0.2, 0) is 6.18 Å². The summed E-state index contributed by atoms with van der Waals surface area (Å²) in [5.41, 5.74) is -0.956. The van der Waals surface area contributed by atoms with Gasteiger partial charge >= 0.3 is 11.9 Å². The molecular weight excluding hydrogens is 437 g/mol. The van der Waals surface area contributed by atoms with Gasteiger partial charge in [0.25, 0.3) is 5.91 Å². The molecule has 160 valence electrons. The van der Waals surface area contributed by atoms with Crippen molar-refractivity contribution in [2.24, 2.45) is 0 Å². The minimum absolute atomic E-state index is 0.0241. The molecule has 0 aliphatic rings. The van der Waals surface area contributed by atoms with Crippen molar-refractivity contribution in [2.75, 3.05) is 5.32 Å². The van der Waals surface area contributed by atoms with E-state index in [0.29, 0.717) is 28.4 Å². The molecule has 31 heavy (non-hydrogen) atoms. The number of nitro groups is 1. The molecule has 3 rings (SSSR count). The number of nitro benzene ring substituents is 1. The predicted octanol–water partition coefficient (Wildman–Crippen LogP) is 6.62. The summed E-state index contributed by atoms with van der Waals surface area (Å²) in [5.74, 6) is -1.09. The number of rotatable bonds is 5. The van der Waals surface area contributed by atoms with Crippen LogP contribution in [0.1, 0.15) is 21.5 Å². The lowest BCUT2D eigenvalue weighted by Gasteiger charge is -2.14. The molecule has 0 saturated carbocycles. The van der Waals surface area contributed by atoms with Crippen molar-refractivity contribution in [3.63, 3.8) is 0 Å². The average Bonchev–Trinajstić information content (AvgIpc) is 2.71. The summed E-state index contributed by atoms with van der Waals surface area (Å²) in [6, 6.07) is 12.7. The SMILES string of the molecule is Cc1c(Cl)cccc1NC(=O)c1ccccc1Oc1ccc(C(F)(F)F)cc1[N+](=O)[O-]. The number of nitrogens with one attached hydrogen (secondary N) is 1. The van der Waals surface area contributed by atoms with E-state index >= 15 is 0 Å². The van der Waals surface area contributed by atoms with Crippen molar-refractivity contribution in [3.05, 3.63) is 92.5 Å². The third-order valence-electron chi connectivity index (χ3n) is 4.35. The number of alkyl halides is 3. The van der Waals surface area contributed by atoms with Gasteiger partial charge in [-0.2, -0.15) is 13.2 Å². The Hall–Kier alpha value is -3.59. The van der Waals surface area contributed by atoms with E-state index in [4.69, 9.17) is 16.3 Å². The van der Waals surface area contributed by atoms with Gasteiger partial charge in [-0.3, -0.25) is 14.9 Å². The first-order valence-electron chi connectivity index (χ1n) is 8.77. The van der Waals surface area contributed by atoms with Gasteiger partial charge in [-0.1, -0.05) is 29.8 Å². The maximum Gasteiger partial charge on any atom is 0.416 e. The molecule has 0 heterocycles. The summed E-state index contributed by atoms with van der Waals surface area (Å²) in [6.07, 6.45) is -4.75. The van der Waals surface area contributed by atoms with E-state index < -0.39 is 34.0 Å². The second-order valence-corrected chi connectivity index (χ2v) is 6.81. The largest absolute Gasteiger partial charge is 0.449 e. The highest BCUT2D eigenvalue weighted by atomic mass is 35.5. The highest BCUT2D eigenvalue weighted by molar-refractivity contribution is 6.31. The minimum atomic E-state index is -4.75. The van der Waals surface area contributed by atoms with Crippen LogP contribution in [0, 0.1) is 17.0 Å². The molecule has 0 aromatic heterocycles. The summed E-state index contributed by atoms with van der Waals surface area (Å²) in [4.78, 5) is 23.1. The van der Waals surface area contributed by atoms with Crippen molar-refractivity contribution in [1.82, 2.24) is 0 Å². The molecule has 6 nitrogen and oxygen atoms in total. The molecule has 3 aromatic rings. The number of nitrogens with zero attached hydrogens (tertiary/aromatic N) is 1. The Morgan fingerprint density at radius 1 is 1.06 bits per heavy atom. The number of ether oxygens (including phenoxy) is 1. The van der Waals surface area contributed by atoms with Gasteiger partial charge in [0.05, 0.1) is 16.1 Å². The van der Waals surface area contributed by atoms with Crippen LogP contribution in [0.3, 0.4) is 0 Å². The van der Waals surface area contributed by atoms with Crippen molar-refractivity contribution in [3.8, 4) is 11.5 Å². The number of hydrogen-bond acceptors (Lipinski definition) is 4. The van der Waals surface area contributed by atoms with Crippen LogP contribution in [0.25, 0.3) is 0 Å². The Kier molecular flexibility index (Phi) is 6.16. The fourth-order valence-electron chi connectivity index (χ4n) is 2.72. The number of carbonyl (C=O) groups excluding carboxylic acids is 1. The zero-order valence-electron chi connectivity index (χ0n) is 15.9. The van der Waals surface area contributed by atoms with E-state index in [1.165, 1.54) is 18.2 Å².